The summed E-state index contributed by atoms with van der Waals surface area (Å²) < 4.78 is 23.3. The number of carbonyl (C=O) groups excluding carboxylic acids is 4. The lowest BCUT2D eigenvalue weighted by molar-refractivity contribution is -0.152. The van der Waals surface area contributed by atoms with E-state index in [2.05, 4.69) is 16.0 Å². The summed E-state index contributed by atoms with van der Waals surface area (Å²) in [6, 6.07) is 7.13. The number of ether oxygens (including phenoxy) is 1. The van der Waals surface area contributed by atoms with Crippen LogP contribution in [0.25, 0.3) is 0 Å². The van der Waals surface area contributed by atoms with E-state index in [0.29, 0.717) is 5.56 Å². The molecule has 1 heterocycles. The van der Waals surface area contributed by atoms with Crippen LogP contribution in [0, 0.1) is 12.7 Å². The van der Waals surface area contributed by atoms with E-state index in [1.807, 2.05) is 0 Å². The molecule has 0 unspecified atom stereocenters. The van der Waals surface area contributed by atoms with Gasteiger partial charge in [0.1, 0.15) is 12.4 Å². The van der Waals surface area contributed by atoms with Crippen LogP contribution in [0.2, 0.25) is 0 Å². The summed E-state index contributed by atoms with van der Waals surface area (Å²) in [4.78, 5) is 47.1. The Hall–Kier alpha value is -3.69. The maximum Gasteiger partial charge on any atom is 0.326 e. The van der Waals surface area contributed by atoms with Crippen molar-refractivity contribution in [1.29, 1.82) is 0 Å². The molecular formula is C19H20FN3O6. The van der Waals surface area contributed by atoms with Crippen molar-refractivity contribution in [3.8, 4) is 0 Å². The minimum absolute atomic E-state index is 0.0468. The van der Waals surface area contributed by atoms with E-state index >= 15 is 0 Å². The van der Waals surface area contributed by atoms with E-state index in [1.54, 1.807) is 6.92 Å². The summed E-state index contributed by atoms with van der Waals surface area (Å²) >= 11 is 0. The van der Waals surface area contributed by atoms with Gasteiger partial charge in [-0.05, 0) is 43.7 Å². The molecule has 0 aliphatic heterocycles. The van der Waals surface area contributed by atoms with Crippen molar-refractivity contribution in [3.63, 3.8) is 0 Å². The van der Waals surface area contributed by atoms with Gasteiger partial charge in [0.15, 0.2) is 11.9 Å². The minimum Gasteiger partial charge on any atom is -0.459 e. The van der Waals surface area contributed by atoms with Crippen LogP contribution in [-0.2, 0) is 19.1 Å². The first-order chi connectivity index (χ1) is 13.8. The minimum atomic E-state index is -1.16. The first-order valence-corrected chi connectivity index (χ1v) is 8.61. The zero-order valence-electron chi connectivity index (χ0n) is 15.8. The topological polar surface area (TPSA) is 127 Å². The van der Waals surface area contributed by atoms with Crippen molar-refractivity contribution in [2.45, 2.75) is 20.0 Å². The highest BCUT2D eigenvalue weighted by atomic mass is 19.1. The molecule has 2 aromatic rings. The number of nitrogens with one attached hydrogen (secondary N) is 3. The maximum atomic E-state index is 13.5. The predicted octanol–water partition coefficient (Wildman–Crippen LogP) is 1.14. The molecule has 0 bridgehead atoms. The van der Waals surface area contributed by atoms with Gasteiger partial charge in [0.2, 0.25) is 5.91 Å². The SMILES string of the molecule is Cc1ccc(NC(=O)[C@@H](C)OC(=O)CNC(=O)CNC(=O)c2ccco2)cc1F. The fourth-order valence-corrected chi connectivity index (χ4v) is 2.10. The summed E-state index contributed by atoms with van der Waals surface area (Å²) in [5.41, 5.74) is 0.653. The second kappa shape index (κ2) is 10.0. The summed E-state index contributed by atoms with van der Waals surface area (Å²) in [6.45, 7) is 2.05. The molecule has 1 atom stereocenters. The van der Waals surface area contributed by atoms with Crippen LogP contribution in [0.5, 0.6) is 0 Å². The lowest BCUT2D eigenvalue weighted by atomic mass is 10.2. The number of aryl methyl sites for hydroxylation is 1. The molecule has 1 aromatic heterocycles. The van der Waals surface area contributed by atoms with Gasteiger partial charge >= 0.3 is 5.97 Å². The Morgan fingerprint density at radius 2 is 1.90 bits per heavy atom. The fourth-order valence-electron chi connectivity index (χ4n) is 2.10. The van der Waals surface area contributed by atoms with Gasteiger partial charge in [-0.25, -0.2) is 4.39 Å². The number of esters is 1. The number of halogens is 1. The first-order valence-electron chi connectivity index (χ1n) is 8.61. The highest BCUT2D eigenvalue weighted by Crippen LogP contribution is 2.14. The monoisotopic (exact) mass is 405 g/mol. The molecule has 2 rings (SSSR count). The third kappa shape index (κ3) is 6.76. The Morgan fingerprint density at radius 3 is 2.55 bits per heavy atom. The summed E-state index contributed by atoms with van der Waals surface area (Å²) in [6.07, 6.45) is 0.153. The third-order valence-electron chi connectivity index (χ3n) is 3.70. The van der Waals surface area contributed by atoms with Crippen LogP contribution in [0.15, 0.2) is 41.0 Å². The lowest BCUT2D eigenvalue weighted by Crippen LogP contribution is -2.40. The number of hydrogen-bond acceptors (Lipinski definition) is 6. The van der Waals surface area contributed by atoms with E-state index in [0.717, 1.165) is 6.07 Å². The second-order valence-corrected chi connectivity index (χ2v) is 6.02. The van der Waals surface area contributed by atoms with Gasteiger partial charge in [-0.1, -0.05) is 6.07 Å². The van der Waals surface area contributed by atoms with Crippen LogP contribution in [-0.4, -0.2) is 42.9 Å². The number of rotatable bonds is 8. The molecule has 9 nitrogen and oxygen atoms in total. The Balaban J connectivity index is 1.70. The van der Waals surface area contributed by atoms with Crippen molar-refractivity contribution < 1.29 is 32.7 Å². The van der Waals surface area contributed by atoms with E-state index < -0.39 is 42.2 Å². The first kappa shape index (κ1) is 21.6. The number of benzene rings is 1. The van der Waals surface area contributed by atoms with Crippen LogP contribution in [0.4, 0.5) is 10.1 Å². The van der Waals surface area contributed by atoms with Crippen LogP contribution in [0.1, 0.15) is 23.0 Å². The Kier molecular flexibility index (Phi) is 7.47. The van der Waals surface area contributed by atoms with Gasteiger partial charge in [0.05, 0.1) is 12.8 Å². The van der Waals surface area contributed by atoms with Gasteiger partial charge in [-0.3, -0.25) is 19.2 Å². The normalized spacial score (nSPS) is 11.3. The van der Waals surface area contributed by atoms with Gasteiger partial charge < -0.3 is 25.1 Å². The quantitative estimate of drug-likeness (QED) is 0.566. The summed E-state index contributed by atoms with van der Waals surface area (Å²) in [5.74, 6) is -3.15. The zero-order chi connectivity index (χ0) is 21.4. The largest absolute Gasteiger partial charge is 0.459 e. The second-order valence-electron chi connectivity index (χ2n) is 6.02. The molecule has 10 heteroatoms. The van der Waals surface area contributed by atoms with E-state index in [1.165, 1.54) is 37.5 Å². The average Bonchev–Trinajstić information content (AvgIpc) is 3.22. The number of hydrogen-bond donors (Lipinski definition) is 3. The van der Waals surface area contributed by atoms with Crippen molar-refractivity contribution in [3.05, 3.63) is 53.7 Å². The molecule has 3 amide bonds. The standard InChI is InChI=1S/C19H20FN3O6/c1-11-5-6-13(8-14(11)20)23-18(26)12(2)29-17(25)10-21-16(24)9-22-19(27)15-4-3-7-28-15/h3-8,12H,9-10H2,1-2H3,(H,21,24)(H,22,27)(H,23,26)/t12-/m1/s1. The molecule has 0 radical (unpaired) electrons. The molecule has 0 saturated heterocycles. The zero-order valence-corrected chi connectivity index (χ0v) is 15.8. The van der Waals surface area contributed by atoms with E-state index in [4.69, 9.17) is 9.15 Å². The summed E-state index contributed by atoms with van der Waals surface area (Å²) in [7, 11) is 0. The number of amides is 3. The molecule has 29 heavy (non-hydrogen) atoms. The molecule has 0 aliphatic carbocycles. The van der Waals surface area contributed by atoms with Crippen LogP contribution >= 0.6 is 0 Å². The van der Waals surface area contributed by atoms with Crippen molar-refractivity contribution in [1.82, 2.24) is 10.6 Å². The smallest absolute Gasteiger partial charge is 0.326 e. The highest BCUT2D eigenvalue weighted by Gasteiger charge is 2.19. The number of carbonyl (C=O) groups is 4. The Labute approximate surface area is 165 Å². The van der Waals surface area contributed by atoms with Crippen LogP contribution < -0.4 is 16.0 Å². The third-order valence-corrected chi connectivity index (χ3v) is 3.70. The number of furan rings is 1. The highest BCUT2D eigenvalue weighted by molar-refractivity contribution is 5.96. The van der Waals surface area contributed by atoms with Gasteiger partial charge in [-0.2, -0.15) is 0 Å². The van der Waals surface area contributed by atoms with Crippen molar-refractivity contribution in [2.75, 3.05) is 18.4 Å². The van der Waals surface area contributed by atoms with Crippen LogP contribution in [0.3, 0.4) is 0 Å². The molecular weight excluding hydrogens is 385 g/mol. The molecule has 0 spiro atoms. The van der Waals surface area contributed by atoms with E-state index in [9.17, 15) is 23.6 Å². The Bertz CT molecular complexity index is 897. The molecule has 0 fully saturated rings. The van der Waals surface area contributed by atoms with Crippen molar-refractivity contribution >= 4 is 29.4 Å². The lowest BCUT2D eigenvalue weighted by Gasteiger charge is -2.14. The van der Waals surface area contributed by atoms with Gasteiger partial charge in [0.25, 0.3) is 11.8 Å². The molecule has 0 aliphatic rings. The predicted molar refractivity (Wildman–Crippen MR) is 99.4 cm³/mol. The van der Waals surface area contributed by atoms with Crippen molar-refractivity contribution in [2.24, 2.45) is 0 Å². The van der Waals surface area contributed by atoms with E-state index in [-0.39, 0.29) is 18.0 Å². The molecule has 154 valence electrons. The average molecular weight is 405 g/mol. The fraction of sp³-hybridized carbons (Fsp3) is 0.263. The molecule has 0 saturated carbocycles. The van der Waals surface area contributed by atoms with Gasteiger partial charge in [-0.15, -0.1) is 0 Å². The molecule has 1 aromatic carbocycles. The summed E-state index contributed by atoms with van der Waals surface area (Å²) in [5, 5.41) is 6.99. The number of anilines is 1. The molecule has 3 N–H and O–H groups in total. The maximum absolute atomic E-state index is 13.5. The Morgan fingerprint density at radius 1 is 1.14 bits per heavy atom. The van der Waals surface area contributed by atoms with Gasteiger partial charge in [0, 0.05) is 5.69 Å².